The number of hydrogen-bond donors (Lipinski definition) is 1. The van der Waals surface area contributed by atoms with Crippen molar-refractivity contribution in [1.29, 1.82) is 0 Å². The van der Waals surface area contributed by atoms with Crippen molar-refractivity contribution in [2.24, 2.45) is 4.40 Å². The molecule has 0 bridgehead atoms. The third-order valence-corrected chi connectivity index (χ3v) is 5.52. The lowest BCUT2D eigenvalue weighted by molar-refractivity contribution is 0.595. The monoisotopic (exact) mass is 346 g/mol. The Hall–Kier alpha value is -2.48. The van der Waals surface area contributed by atoms with E-state index >= 15 is 0 Å². The summed E-state index contributed by atoms with van der Waals surface area (Å²) in [7, 11) is -3.88. The number of pyridine rings is 1. The molecule has 0 aliphatic carbocycles. The molecule has 1 aromatic heterocycles. The highest BCUT2D eigenvalue weighted by Gasteiger charge is 2.32. The Morgan fingerprint density at radius 1 is 1.17 bits per heavy atom. The predicted octanol–water partition coefficient (Wildman–Crippen LogP) is 2.38. The Labute approximate surface area is 139 Å². The van der Waals surface area contributed by atoms with Crippen LogP contribution in [-0.2, 0) is 10.0 Å². The number of halogens is 1. The molecular weight excluding hydrogens is 331 g/mol. The highest BCUT2D eigenvalue weighted by Crippen LogP contribution is 2.32. The van der Waals surface area contributed by atoms with Gasteiger partial charge in [0.15, 0.2) is 5.84 Å². The molecule has 2 aliphatic heterocycles. The zero-order chi connectivity index (χ0) is 16.7. The summed E-state index contributed by atoms with van der Waals surface area (Å²) in [5, 5.41) is 2.97. The van der Waals surface area contributed by atoms with Crippen molar-refractivity contribution in [3.63, 3.8) is 0 Å². The van der Waals surface area contributed by atoms with Crippen molar-refractivity contribution in [3.05, 3.63) is 48.0 Å². The van der Waals surface area contributed by atoms with Crippen LogP contribution in [-0.4, -0.2) is 32.3 Å². The lowest BCUT2D eigenvalue weighted by Crippen LogP contribution is -2.21. The van der Waals surface area contributed by atoms with Gasteiger partial charge in [0.1, 0.15) is 10.7 Å². The molecule has 2 aliphatic rings. The van der Waals surface area contributed by atoms with Gasteiger partial charge in [-0.1, -0.05) is 6.07 Å². The second-order valence-corrected chi connectivity index (χ2v) is 7.31. The number of aromatic nitrogens is 1. The minimum Gasteiger partial charge on any atom is -0.370 e. The maximum Gasteiger partial charge on any atom is 0.285 e. The van der Waals surface area contributed by atoms with E-state index in [-0.39, 0.29) is 16.3 Å². The summed E-state index contributed by atoms with van der Waals surface area (Å²) in [6.07, 6.45) is 5.49. The second kappa shape index (κ2) is 5.55. The average Bonchev–Trinajstić information content (AvgIpc) is 3.16. The van der Waals surface area contributed by atoms with E-state index in [4.69, 9.17) is 0 Å². The van der Waals surface area contributed by atoms with Crippen molar-refractivity contribution in [2.45, 2.75) is 17.7 Å². The summed E-state index contributed by atoms with van der Waals surface area (Å²) in [6.45, 7) is 1.85. The molecule has 0 unspecified atom stereocenters. The molecule has 0 amide bonds. The number of fused-ring (bicyclic) bond motifs is 1. The normalized spacial score (nSPS) is 18.4. The summed E-state index contributed by atoms with van der Waals surface area (Å²) in [4.78, 5) is 6.16. The Bertz CT molecular complexity index is 937. The number of rotatable bonds is 2. The Kier molecular flexibility index (Phi) is 3.49. The molecule has 3 heterocycles. The number of hydrogen-bond acceptors (Lipinski definition) is 5. The predicted molar refractivity (Wildman–Crippen MR) is 89.4 cm³/mol. The molecule has 124 valence electrons. The highest BCUT2D eigenvalue weighted by molar-refractivity contribution is 7.90. The number of nitrogens with zero attached hydrogens (tertiary/aromatic N) is 3. The fourth-order valence-corrected chi connectivity index (χ4v) is 4.27. The minimum atomic E-state index is -3.88. The number of benzene rings is 1. The maximum absolute atomic E-state index is 14.2. The summed E-state index contributed by atoms with van der Waals surface area (Å²) < 4.78 is 42.1. The standard InChI is InChI=1S/C16H15FN4O2S/c17-11-4-3-5-14-15(11)16(20-24(14,22)23)19-12-10-18-7-6-13(12)21-8-1-2-9-21/h3-7,10H,1-2,8-9H2,(H,19,20). The van der Waals surface area contributed by atoms with E-state index in [1.54, 1.807) is 12.4 Å². The van der Waals surface area contributed by atoms with E-state index in [9.17, 15) is 12.8 Å². The van der Waals surface area contributed by atoms with Crippen LogP contribution >= 0.6 is 0 Å². The SMILES string of the molecule is O=S1(=O)N=C(Nc2cnccc2N2CCCC2)c2c(F)cccc21. The molecule has 8 heteroatoms. The van der Waals surface area contributed by atoms with Crippen LogP contribution in [0.5, 0.6) is 0 Å². The van der Waals surface area contributed by atoms with Crippen LogP contribution in [0.4, 0.5) is 15.8 Å². The first-order valence-electron chi connectivity index (χ1n) is 7.66. The van der Waals surface area contributed by atoms with E-state index in [2.05, 4.69) is 19.6 Å². The van der Waals surface area contributed by atoms with Gasteiger partial charge in [0, 0.05) is 19.3 Å². The molecule has 24 heavy (non-hydrogen) atoms. The number of sulfonamides is 1. The molecule has 0 spiro atoms. The summed E-state index contributed by atoms with van der Waals surface area (Å²) in [5.41, 5.74) is 1.51. The van der Waals surface area contributed by atoms with Crippen molar-refractivity contribution >= 4 is 27.2 Å². The highest BCUT2D eigenvalue weighted by atomic mass is 32.2. The first-order chi connectivity index (χ1) is 11.6. The molecular formula is C16H15FN4O2S. The van der Waals surface area contributed by atoms with Crippen LogP contribution in [0.2, 0.25) is 0 Å². The van der Waals surface area contributed by atoms with Gasteiger partial charge in [-0.15, -0.1) is 4.40 Å². The molecule has 1 saturated heterocycles. The zero-order valence-electron chi connectivity index (χ0n) is 12.7. The summed E-state index contributed by atoms with van der Waals surface area (Å²) in [6, 6.07) is 5.81. The summed E-state index contributed by atoms with van der Waals surface area (Å²) >= 11 is 0. The molecule has 2 aromatic rings. The van der Waals surface area contributed by atoms with E-state index in [1.165, 1.54) is 18.2 Å². The lowest BCUT2D eigenvalue weighted by Gasteiger charge is -2.21. The Balaban J connectivity index is 1.76. The quantitative estimate of drug-likeness (QED) is 0.904. The average molecular weight is 346 g/mol. The molecule has 1 N–H and O–H groups in total. The van der Waals surface area contributed by atoms with Gasteiger partial charge in [-0.25, -0.2) is 4.39 Å². The fourth-order valence-electron chi connectivity index (χ4n) is 3.09. The van der Waals surface area contributed by atoms with Gasteiger partial charge in [0.05, 0.1) is 23.1 Å². The molecule has 1 fully saturated rings. The van der Waals surface area contributed by atoms with Crippen LogP contribution in [0, 0.1) is 5.82 Å². The molecule has 0 radical (unpaired) electrons. The second-order valence-electron chi connectivity index (χ2n) is 5.74. The topological polar surface area (TPSA) is 74.7 Å². The van der Waals surface area contributed by atoms with Crippen molar-refractivity contribution in [1.82, 2.24) is 4.98 Å². The van der Waals surface area contributed by atoms with Crippen LogP contribution < -0.4 is 10.2 Å². The first-order valence-corrected chi connectivity index (χ1v) is 9.10. The molecule has 6 nitrogen and oxygen atoms in total. The van der Waals surface area contributed by atoms with Crippen molar-refractivity contribution in [2.75, 3.05) is 23.3 Å². The Morgan fingerprint density at radius 2 is 1.96 bits per heavy atom. The van der Waals surface area contributed by atoms with Crippen molar-refractivity contribution in [3.8, 4) is 0 Å². The van der Waals surface area contributed by atoms with Crippen LogP contribution in [0.1, 0.15) is 18.4 Å². The van der Waals surface area contributed by atoms with Gasteiger partial charge in [-0.2, -0.15) is 8.42 Å². The number of anilines is 2. The van der Waals surface area contributed by atoms with Gasteiger partial charge in [-0.3, -0.25) is 4.98 Å². The van der Waals surface area contributed by atoms with Gasteiger partial charge in [-0.05, 0) is 31.0 Å². The minimum absolute atomic E-state index is 0.00320. The van der Waals surface area contributed by atoms with Gasteiger partial charge in [0.2, 0.25) is 0 Å². The lowest BCUT2D eigenvalue weighted by atomic mass is 10.2. The molecule has 4 rings (SSSR count). The zero-order valence-corrected chi connectivity index (χ0v) is 13.6. The van der Waals surface area contributed by atoms with E-state index in [0.29, 0.717) is 5.69 Å². The number of amidine groups is 1. The van der Waals surface area contributed by atoms with Crippen LogP contribution in [0.25, 0.3) is 0 Å². The van der Waals surface area contributed by atoms with Crippen LogP contribution in [0.15, 0.2) is 46.0 Å². The first kappa shape index (κ1) is 15.1. The third kappa shape index (κ3) is 2.43. The third-order valence-electron chi connectivity index (χ3n) is 4.20. The van der Waals surface area contributed by atoms with Crippen LogP contribution in [0.3, 0.4) is 0 Å². The largest absolute Gasteiger partial charge is 0.370 e. The molecule has 0 saturated carbocycles. The van der Waals surface area contributed by atoms with E-state index in [0.717, 1.165) is 31.6 Å². The molecule has 1 aromatic carbocycles. The van der Waals surface area contributed by atoms with E-state index < -0.39 is 15.8 Å². The number of nitrogens with one attached hydrogen (secondary N) is 1. The maximum atomic E-state index is 14.2. The van der Waals surface area contributed by atoms with Gasteiger partial charge < -0.3 is 10.2 Å². The van der Waals surface area contributed by atoms with Gasteiger partial charge >= 0.3 is 0 Å². The van der Waals surface area contributed by atoms with Crippen molar-refractivity contribution < 1.29 is 12.8 Å². The Morgan fingerprint density at radius 3 is 2.75 bits per heavy atom. The molecule has 0 atom stereocenters. The summed E-state index contributed by atoms with van der Waals surface area (Å²) in [5.74, 6) is -0.622. The smallest absolute Gasteiger partial charge is 0.285 e. The fraction of sp³-hybridized carbons (Fsp3) is 0.250. The van der Waals surface area contributed by atoms with Gasteiger partial charge in [0.25, 0.3) is 10.0 Å². The van der Waals surface area contributed by atoms with E-state index in [1.807, 2.05) is 6.07 Å².